The minimum absolute atomic E-state index is 0.0599. The number of nitrogens with zero attached hydrogens (tertiary/aromatic N) is 4. The number of methoxy groups -OCH3 is 1. The van der Waals surface area contributed by atoms with E-state index in [9.17, 15) is 4.79 Å². The van der Waals surface area contributed by atoms with Crippen LogP contribution in [-0.4, -0.2) is 33.0 Å². The minimum Gasteiger partial charge on any atom is -0.465 e. The lowest BCUT2D eigenvalue weighted by atomic mass is 10.1. The van der Waals surface area contributed by atoms with Crippen molar-refractivity contribution in [2.24, 2.45) is 0 Å². The fourth-order valence-electron chi connectivity index (χ4n) is 4.16. The molecule has 0 aliphatic rings. The van der Waals surface area contributed by atoms with E-state index < -0.39 is 0 Å². The predicted octanol–water partition coefficient (Wildman–Crippen LogP) is 8.28. The van der Waals surface area contributed by atoms with Crippen molar-refractivity contribution < 1.29 is 9.53 Å². The highest BCUT2D eigenvalue weighted by atomic mass is 79.9. The molecular formula is C30H27BrN6O2S2. The van der Waals surface area contributed by atoms with E-state index in [-0.39, 0.29) is 18.1 Å². The van der Waals surface area contributed by atoms with Gasteiger partial charge in [0.25, 0.3) is 0 Å². The van der Waals surface area contributed by atoms with E-state index in [0.29, 0.717) is 5.56 Å². The van der Waals surface area contributed by atoms with Crippen LogP contribution >= 0.6 is 38.6 Å². The normalized spacial score (nSPS) is 12.3. The van der Waals surface area contributed by atoms with Gasteiger partial charge in [0, 0.05) is 16.6 Å². The van der Waals surface area contributed by atoms with Crippen LogP contribution in [0.1, 0.15) is 47.4 Å². The van der Waals surface area contributed by atoms with Crippen molar-refractivity contribution in [3.63, 3.8) is 0 Å². The van der Waals surface area contributed by atoms with Crippen molar-refractivity contribution in [1.82, 2.24) is 19.9 Å². The molecule has 2 atom stereocenters. The smallest absolute Gasteiger partial charge is 0.337 e. The SMILES string of the molecule is COC(=O)c1ccc([C@H](C)Nc2ncnc3sccc23)cc1.C[C@H](Nc1ncnc2sccc12)c1ccc(Br)cc1. The molecule has 0 bridgehead atoms. The van der Waals surface area contributed by atoms with Crippen molar-refractivity contribution >= 4 is 76.6 Å². The third-order valence-corrected chi connectivity index (χ3v) is 8.60. The molecule has 41 heavy (non-hydrogen) atoms. The van der Waals surface area contributed by atoms with Crippen LogP contribution in [0.25, 0.3) is 20.4 Å². The van der Waals surface area contributed by atoms with Gasteiger partial charge in [-0.3, -0.25) is 0 Å². The van der Waals surface area contributed by atoms with Gasteiger partial charge in [-0.1, -0.05) is 40.2 Å². The quantitative estimate of drug-likeness (QED) is 0.167. The maximum atomic E-state index is 11.4. The number of halogens is 1. The standard InChI is InChI=1S/C16H15N3O2S.C14H12BrN3S/c1-10(11-3-5-12(6-4-11)16(20)21-2)19-14-13-7-8-22-15(13)18-9-17-14;1-9(10-2-4-11(15)5-3-10)18-13-12-6-7-19-14(12)17-8-16-13/h3-10H,1-2H3,(H,17,18,19);2-9H,1H3,(H,16,17,18)/t10-;9-/m00/s1. The Hall–Kier alpha value is -3.93. The molecule has 6 rings (SSSR count). The molecule has 4 heterocycles. The lowest BCUT2D eigenvalue weighted by Crippen LogP contribution is -2.09. The fraction of sp³-hybridized carbons (Fsp3) is 0.167. The van der Waals surface area contributed by atoms with Gasteiger partial charge in [0.1, 0.15) is 34.0 Å². The van der Waals surface area contributed by atoms with E-state index in [4.69, 9.17) is 4.74 Å². The van der Waals surface area contributed by atoms with Gasteiger partial charge in [0.2, 0.25) is 0 Å². The summed E-state index contributed by atoms with van der Waals surface area (Å²) >= 11 is 6.67. The van der Waals surface area contributed by atoms with Crippen LogP contribution in [0.2, 0.25) is 0 Å². The molecule has 0 saturated heterocycles. The number of anilines is 2. The van der Waals surface area contributed by atoms with Crippen LogP contribution in [0.3, 0.4) is 0 Å². The number of thiophene rings is 2. The number of nitrogens with one attached hydrogen (secondary N) is 2. The number of fused-ring (bicyclic) bond motifs is 2. The Kier molecular flexibility index (Phi) is 9.17. The Balaban J connectivity index is 0.000000166. The highest BCUT2D eigenvalue weighted by Crippen LogP contribution is 2.28. The Morgan fingerprint density at radius 1 is 0.732 bits per heavy atom. The van der Waals surface area contributed by atoms with Gasteiger partial charge in [-0.25, -0.2) is 24.7 Å². The molecule has 0 aliphatic heterocycles. The molecule has 2 N–H and O–H groups in total. The molecule has 0 unspecified atom stereocenters. The van der Waals surface area contributed by atoms with Crippen molar-refractivity contribution in [2.75, 3.05) is 17.7 Å². The first kappa shape index (κ1) is 28.6. The zero-order valence-corrected chi connectivity index (χ0v) is 25.8. The van der Waals surface area contributed by atoms with Gasteiger partial charge in [-0.2, -0.15) is 0 Å². The lowest BCUT2D eigenvalue weighted by Gasteiger charge is -2.15. The number of carbonyl (C=O) groups is 1. The predicted molar refractivity (Wildman–Crippen MR) is 171 cm³/mol. The monoisotopic (exact) mass is 646 g/mol. The van der Waals surface area contributed by atoms with Crippen molar-refractivity contribution in [3.05, 3.63) is 105 Å². The third kappa shape index (κ3) is 6.87. The first-order chi connectivity index (χ1) is 19.9. The second kappa shape index (κ2) is 13.2. The molecule has 0 fully saturated rings. The zero-order chi connectivity index (χ0) is 28.8. The van der Waals surface area contributed by atoms with Crippen molar-refractivity contribution in [2.45, 2.75) is 25.9 Å². The molecule has 0 saturated carbocycles. The van der Waals surface area contributed by atoms with Gasteiger partial charge in [-0.05, 0) is 72.1 Å². The second-order valence-electron chi connectivity index (χ2n) is 9.12. The molecule has 6 aromatic rings. The summed E-state index contributed by atoms with van der Waals surface area (Å²) in [4.78, 5) is 30.6. The molecule has 0 aliphatic carbocycles. The fourth-order valence-corrected chi connectivity index (χ4v) is 5.89. The van der Waals surface area contributed by atoms with Gasteiger partial charge in [0.05, 0.1) is 23.4 Å². The topological polar surface area (TPSA) is 102 Å². The number of rotatable bonds is 7. The summed E-state index contributed by atoms with van der Waals surface area (Å²) in [5.41, 5.74) is 2.83. The summed E-state index contributed by atoms with van der Waals surface area (Å²) in [6, 6.07) is 20.0. The van der Waals surface area contributed by atoms with Gasteiger partial charge < -0.3 is 15.4 Å². The van der Waals surface area contributed by atoms with Crippen LogP contribution in [0.5, 0.6) is 0 Å². The van der Waals surface area contributed by atoms with E-state index >= 15 is 0 Å². The van der Waals surface area contributed by atoms with Crippen molar-refractivity contribution in [3.8, 4) is 0 Å². The van der Waals surface area contributed by atoms with Crippen LogP contribution in [0.4, 0.5) is 11.6 Å². The Labute approximate surface area is 254 Å². The van der Waals surface area contributed by atoms with Gasteiger partial charge >= 0.3 is 5.97 Å². The Bertz CT molecular complexity index is 1760. The van der Waals surface area contributed by atoms with Crippen LogP contribution in [0.15, 0.2) is 88.6 Å². The number of hydrogen-bond donors (Lipinski definition) is 2. The minimum atomic E-state index is -0.331. The summed E-state index contributed by atoms with van der Waals surface area (Å²) in [5, 5.41) is 13.0. The summed E-state index contributed by atoms with van der Waals surface area (Å²) in [7, 11) is 1.38. The summed E-state index contributed by atoms with van der Waals surface area (Å²) in [5.74, 6) is 1.38. The second-order valence-corrected chi connectivity index (χ2v) is 11.8. The highest BCUT2D eigenvalue weighted by molar-refractivity contribution is 9.10. The van der Waals surface area contributed by atoms with Crippen LogP contribution in [0, 0.1) is 0 Å². The van der Waals surface area contributed by atoms with E-state index in [1.807, 2.05) is 48.0 Å². The number of esters is 1. The van der Waals surface area contributed by atoms with Crippen molar-refractivity contribution in [1.29, 1.82) is 0 Å². The zero-order valence-electron chi connectivity index (χ0n) is 22.5. The number of benzene rings is 2. The summed E-state index contributed by atoms with van der Waals surface area (Å²) in [6.45, 7) is 4.18. The number of aromatic nitrogens is 4. The molecule has 0 radical (unpaired) electrons. The number of ether oxygens (including phenoxy) is 1. The average Bonchev–Trinajstić information content (AvgIpc) is 3.68. The summed E-state index contributed by atoms with van der Waals surface area (Å²) in [6.07, 6.45) is 3.17. The molecule has 8 nitrogen and oxygen atoms in total. The maximum Gasteiger partial charge on any atom is 0.337 e. The van der Waals surface area contributed by atoms with E-state index in [2.05, 4.69) is 71.6 Å². The van der Waals surface area contributed by atoms with E-state index in [0.717, 1.165) is 42.1 Å². The molecule has 11 heteroatoms. The average molecular weight is 648 g/mol. The largest absolute Gasteiger partial charge is 0.465 e. The molecule has 2 aromatic carbocycles. The Morgan fingerprint density at radius 2 is 1.20 bits per heavy atom. The summed E-state index contributed by atoms with van der Waals surface area (Å²) < 4.78 is 5.79. The van der Waals surface area contributed by atoms with Gasteiger partial charge in [-0.15, -0.1) is 22.7 Å². The van der Waals surface area contributed by atoms with Crippen LogP contribution < -0.4 is 10.6 Å². The molecular weight excluding hydrogens is 620 g/mol. The lowest BCUT2D eigenvalue weighted by molar-refractivity contribution is 0.0600. The first-order valence-electron chi connectivity index (χ1n) is 12.8. The first-order valence-corrected chi connectivity index (χ1v) is 15.3. The van der Waals surface area contributed by atoms with Crippen LogP contribution in [-0.2, 0) is 4.74 Å². The maximum absolute atomic E-state index is 11.4. The van der Waals surface area contributed by atoms with E-state index in [1.54, 1.807) is 47.5 Å². The molecule has 4 aromatic heterocycles. The molecule has 0 amide bonds. The molecule has 0 spiro atoms. The highest BCUT2D eigenvalue weighted by Gasteiger charge is 2.12. The van der Waals surface area contributed by atoms with Gasteiger partial charge in [0.15, 0.2) is 0 Å². The number of carbonyl (C=O) groups excluding carboxylic acids is 1. The number of hydrogen-bond acceptors (Lipinski definition) is 10. The third-order valence-electron chi connectivity index (χ3n) is 6.43. The molecule has 208 valence electrons. The Morgan fingerprint density at radius 3 is 1.66 bits per heavy atom. The van der Waals surface area contributed by atoms with E-state index in [1.165, 1.54) is 12.7 Å².